The highest BCUT2D eigenvalue weighted by atomic mass is 35.5. The number of aliphatic hydroxyl groups excluding tert-OH is 1. The smallest absolute Gasteiger partial charge is 0.203 e. The van der Waals surface area contributed by atoms with Crippen LogP contribution in [0.4, 0.5) is 0 Å². The van der Waals surface area contributed by atoms with E-state index < -0.39 is 6.10 Å². The number of hydrogen-bond acceptors (Lipinski definition) is 4. The Morgan fingerprint density at radius 2 is 1.56 bits per heavy atom. The molecule has 3 aromatic carbocycles. The topological polar surface area (TPSA) is 84.7 Å². The minimum Gasteiger partial charge on any atom is -0.387 e. The highest BCUT2D eigenvalue weighted by Crippen LogP contribution is 2.27. The summed E-state index contributed by atoms with van der Waals surface area (Å²) in [5, 5.41) is 29.1. The Morgan fingerprint density at radius 3 is 2.29 bits per heavy atom. The highest BCUT2D eigenvalue weighted by Gasteiger charge is 2.17. The molecule has 0 aliphatic carbocycles. The van der Waals surface area contributed by atoms with Crippen molar-refractivity contribution in [3.63, 3.8) is 0 Å². The summed E-state index contributed by atoms with van der Waals surface area (Å²) in [6, 6.07) is 22.9. The van der Waals surface area contributed by atoms with Crippen molar-refractivity contribution in [3.05, 3.63) is 111 Å². The van der Waals surface area contributed by atoms with Gasteiger partial charge in [-0.1, -0.05) is 76.9 Å². The van der Waals surface area contributed by atoms with Crippen LogP contribution in [0, 0.1) is 5.41 Å². The van der Waals surface area contributed by atoms with Crippen molar-refractivity contribution in [1.29, 1.82) is 5.41 Å². The number of rotatable bonds is 7. The van der Waals surface area contributed by atoms with Crippen molar-refractivity contribution >= 4 is 34.2 Å². The third kappa shape index (κ3) is 4.50. The lowest BCUT2D eigenvalue weighted by Gasteiger charge is -2.13. The van der Waals surface area contributed by atoms with Crippen LogP contribution in [-0.2, 0) is 19.6 Å². The maximum absolute atomic E-state index is 10.9. The van der Waals surface area contributed by atoms with Gasteiger partial charge < -0.3 is 14.2 Å². The predicted molar refractivity (Wildman–Crippen MR) is 132 cm³/mol. The van der Waals surface area contributed by atoms with Crippen LogP contribution >= 0.6 is 23.2 Å². The van der Waals surface area contributed by atoms with E-state index in [0.717, 1.165) is 22.3 Å². The Balaban J connectivity index is 1.43. The van der Waals surface area contributed by atoms with E-state index in [1.165, 1.54) is 0 Å². The average molecular weight is 493 g/mol. The van der Waals surface area contributed by atoms with E-state index in [-0.39, 0.29) is 12.2 Å². The fourth-order valence-electron chi connectivity index (χ4n) is 4.06. The first-order valence-electron chi connectivity index (χ1n) is 10.8. The number of nitrogens with one attached hydrogen (secondary N) is 1. The Labute approximate surface area is 205 Å². The molecule has 1 unspecified atom stereocenters. The third-order valence-corrected chi connectivity index (χ3v) is 6.49. The molecule has 0 amide bonds. The van der Waals surface area contributed by atoms with Gasteiger partial charge >= 0.3 is 0 Å². The van der Waals surface area contributed by atoms with Crippen molar-refractivity contribution in [1.82, 2.24) is 24.1 Å². The molecular weight excluding hydrogens is 471 g/mol. The summed E-state index contributed by atoms with van der Waals surface area (Å²) >= 11 is 12.1. The second kappa shape index (κ2) is 9.46. The zero-order valence-corrected chi connectivity index (χ0v) is 19.7. The van der Waals surface area contributed by atoms with Gasteiger partial charge in [0.2, 0.25) is 5.62 Å². The third-order valence-electron chi connectivity index (χ3n) is 5.75. The summed E-state index contributed by atoms with van der Waals surface area (Å²) in [5.74, 6) is 0. The van der Waals surface area contributed by atoms with Crippen LogP contribution < -0.4 is 5.62 Å². The van der Waals surface area contributed by atoms with E-state index in [4.69, 9.17) is 28.6 Å². The number of fused-ring (bicyclic) bond motifs is 1. The van der Waals surface area contributed by atoms with Gasteiger partial charge in [0.25, 0.3) is 0 Å². The summed E-state index contributed by atoms with van der Waals surface area (Å²) < 4.78 is 5.45. The second-order valence-corrected chi connectivity index (χ2v) is 8.91. The van der Waals surface area contributed by atoms with Crippen molar-refractivity contribution in [2.75, 3.05) is 0 Å². The number of imidazole rings is 1. The van der Waals surface area contributed by atoms with Crippen LogP contribution in [0.2, 0.25) is 10.0 Å². The minimum atomic E-state index is -0.852. The van der Waals surface area contributed by atoms with Gasteiger partial charge in [-0.3, -0.25) is 5.41 Å². The van der Waals surface area contributed by atoms with Crippen LogP contribution in [0.25, 0.3) is 11.0 Å². The van der Waals surface area contributed by atoms with E-state index in [0.29, 0.717) is 28.7 Å². The lowest BCUT2D eigenvalue weighted by molar-refractivity contribution is 0.155. The Bertz CT molecular complexity index is 1510. The van der Waals surface area contributed by atoms with Gasteiger partial charge in [0.1, 0.15) is 5.69 Å². The van der Waals surface area contributed by atoms with Gasteiger partial charge in [0, 0.05) is 0 Å². The van der Waals surface area contributed by atoms with Gasteiger partial charge in [-0.25, -0.2) is 4.68 Å². The molecule has 5 rings (SSSR count). The first-order chi connectivity index (χ1) is 16.5. The van der Waals surface area contributed by atoms with Crippen LogP contribution in [0.1, 0.15) is 22.9 Å². The molecule has 172 valence electrons. The van der Waals surface area contributed by atoms with E-state index in [1.807, 2.05) is 65.4 Å². The van der Waals surface area contributed by atoms with Crippen molar-refractivity contribution < 1.29 is 5.11 Å². The normalized spacial score (nSPS) is 12.3. The van der Waals surface area contributed by atoms with Crippen molar-refractivity contribution in [3.8, 4) is 0 Å². The molecule has 9 heteroatoms. The summed E-state index contributed by atoms with van der Waals surface area (Å²) in [5.41, 5.74) is 4.53. The lowest BCUT2D eigenvalue weighted by atomic mass is 10.1. The first kappa shape index (κ1) is 22.4. The number of hydrogen-bond donors (Lipinski definition) is 2. The maximum Gasteiger partial charge on any atom is 0.203 e. The van der Waals surface area contributed by atoms with Gasteiger partial charge in [-0.15, -0.1) is 5.10 Å². The molecule has 2 aromatic heterocycles. The van der Waals surface area contributed by atoms with Crippen molar-refractivity contribution in [2.24, 2.45) is 0 Å². The molecule has 7 nitrogen and oxygen atoms in total. The van der Waals surface area contributed by atoms with Crippen LogP contribution in [0.15, 0.2) is 79.0 Å². The number of benzene rings is 3. The summed E-state index contributed by atoms with van der Waals surface area (Å²) in [6.07, 6.45) is 1.05. The molecule has 2 heterocycles. The van der Waals surface area contributed by atoms with Gasteiger partial charge in [-0.05, 0) is 35.4 Å². The standard InChI is InChI=1S/C25H22Cl2N6O/c26-20-11-10-18(12-21(20)27)24(34)16-33-23-9-5-4-8-22(23)32(25(33)28)15-19-14-31(30-29-19)13-17-6-2-1-3-7-17/h1-12,14,24,28,34H,13,15-16H2. The molecule has 34 heavy (non-hydrogen) atoms. The van der Waals surface area contributed by atoms with Crippen molar-refractivity contribution in [2.45, 2.75) is 25.7 Å². The van der Waals surface area contributed by atoms with Crippen LogP contribution in [0.5, 0.6) is 0 Å². The molecule has 0 aliphatic heterocycles. The van der Waals surface area contributed by atoms with E-state index in [2.05, 4.69) is 10.3 Å². The average Bonchev–Trinajstić information content (AvgIpc) is 3.39. The second-order valence-electron chi connectivity index (χ2n) is 8.09. The molecule has 0 radical (unpaired) electrons. The molecule has 5 aromatic rings. The number of nitrogens with zero attached hydrogens (tertiary/aromatic N) is 5. The van der Waals surface area contributed by atoms with Gasteiger partial charge in [-0.2, -0.15) is 0 Å². The quantitative estimate of drug-likeness (QED) is 0.346. The lowest BCUT2D eigenvalue weighted by Crippen LogP contribution is -2.27. The molecule has 0 saturated carbocycles. The molecule has 0 saturated heterocycles. The van der Waals surface area contributed by atoms with E-state index in [1.54, 1.807) is 27.4 Å². The molecule has 2 N–H and O–H groups in total. The fraction of sp³-hybridized carbons (Fsp3) is 0.160. The van der Waals surface area contributed by atoms with E-state index in [9.17, 15) is 5.11 Å². The number of para-hydroxylation sites is 2. The number of halogens is 2. The number of aliphatic hydroxyl groups is 1. The molecule has 0 aliphatic rings. The summed E-state index contributed by atoms with van der Waals surface area (Å²) in [4.78, 5) is 0. The zero-order chi connectivity index (χ0) is 23.7. The Kier molecular flexibility index (Phi) is 6.24. The minimum absolute atomic E-state index is 0.199. The van der Waals surface area contributed by atoms with E-state index >= 15 is 0 Å². The molecule has 1 atom stereocenters. The molecule has 0 bridgehead atoms. The summed E-state index contributed by atoms with van der Waals surface area (Å²) in [6.45, 7) is 1.22. The van der Waals surface area contributed by atoms with Gasteiger partial charge in [0.15, 0.2) is 0 Å². The monoisotopic (exact) mass is 492 g/mol. The zero-order valence-electron chi connectivity index (χ0n) is 18.1. The SMILES string of the molecule is N=c1n(Cc2cn(Cc3ccccc3)nn2)c2ccccc2n1CC(O)c1ccc(Cl)c(Cl)c1. The molecular formula is C25H22Cl2N6O. The number of aromatic nitrogens is 5. The maximum atomic E-state index is 10.9. The van der Waals surface area contributed by atoms with Gasteiger partial charge in [0.05, 0.1) is 53.0 Å². The fourth-order valence-corrected chi connectivity index (χ4v) is 4.36. The van der Waals surface area contributed by atoms with Crippen LogP contribution in [0.3, 0.4) is 0 Å². The first-order valence-corrected chi connectivity index (χ1v) is 11.5. The largest absolute Gasteiger partial charge is 0.387 e. The predicted octanol–water partition coefficient (Wildman–Crippen LogP) is 4.65. The van der Waals surface area contributed by atoms with Crippen LogP contribution in [-0.4, -0.2) is 29.2 Å². The Hall–Kier alpha value is -3.39. The highest BCUT2D eigenvalue weighted by molar-refractivity contribution is 6.42. The summed E-state index contributed by atoms with van der Waals surface area (Å²) in [7, 11) is 0. The Morgan fingerprint density at radius 1 is 0.853 bits per heavy atom. The molecule has 0 spiro atoms. The molecule has 0 fully saturated rings.